The van der Waals surface area contributed by atoms with Crippen LogP contribution in [-0.2, 0) is 15.0 Å². The summed E-state index contributed by atoms with van der Waals surface area (Å²) >= 11 is 0. The quantitative estimate of drug-likeness (QED) is 0.482. The second-order valence-corrected chi connectivity index (χ2v) is 10.5. The van der Waals surface area contributed by atoms with Crippen LogP contribution in [0.4, 0.5) is 11.4 Å². The fourth-order valence-electron chi connectivity index (χ4n) is 5.29. The number of rotatable bonds is 2. The van der Waals surface area contributed by atoms with Gasteiger partial charge in [0, 0.05) is 37.0 Å². The van der Waals surface area contributed by atoms with Crippen molar-refractivity contribution in [1.29, 1.82) is 0 Å². The Morgan fingerprint density at radius 2 is 1.63 bits per heavy atom. The Morgan fingerprint density at radius 3 is 2.29 bits per heavy atom. The number of Topliss-reactive ketones (excluding diaryl/α,β-unsaturated/α-hetero) is 1. The average Bonchev–Trinajstić information content (AvgIpc) is 2.99. The van der Waals surface area contributed by atoms with E-state index in [2.05, 4.69) is 55.3 Å². The lowest BCUT2D eigenvalue weighted by Crippen LogP contribution is -2.37. The van der Waals surface area contributed by atoms with Gasteiger partial charge in [-0.1, -0.05) is 57.2 Å². The van der Waals surface area contributed by atoms with E-state index in [1.807, 2.05) is 36.4 Å². The van der Waals surface area contributed by atoms with Crippen LogP contribution in [0.15, 0.2) is 84.3 Å². The van der Waals surface area contributed by atoms with E-state index < -0.39 is 6.04 Å². The summed E-state index contributed by atoms with van der Waals surface area (Å²) in [5.41, 5.74) is 6.58. The van der Waals surface area contributed by atoms with Crippen LogP contribution in [0.3, 0.4) is 0 Å². The first kappa shape index (κ1) is 23.0. The molecular formula is C30H31N3O2. The molecule has 0 saturated carbocycles. The topological polar surface area (TPSA) is 62.3 Å². The zero-order chi connectivity index (χ0) is 24.7. The Hall–Kier alpha value is -3.73. The molecule has 0 saturated heterocycles. The van der Waals surface area contributed by atoms with Gasteiger partial charge >= 0.3 is 0 Å². The molecule has 3 aromatic rings. The van der Waals surface area contributed by atoms with Gasteiger partial charge < -0.3 is 5.32 Å². The van der Waals surface area contributed by atoms with E-state index in [0.717, 1.165) is 22.6 Å². The molecule has 0 unspecified atom stereocenters. The predicted octanol–water partition coefficient (Wildman–Crippen LogP) is 6.30. The molecule has 35 heavy (non-hydrogen) atoms. The minimum atomic E-state index is -0.502. The highest BCUT2D eigenvalue weighted by molar-refractivity contribution is 6.05. The molecule has 1 aliphatic heterocycles. The molecule has 0 bridgehead atoms. The number of fused-ring (bicyclic) bond motifs is 1. The monoisotopic (exact) mass is 465 g/mol. The predicted molar refractivity (Wildman–Crippen MR) is 139 cm³/mol. The summed E-state index contributed by atoms with van der Waals surface area (Å²) in [7, 11) is 0. The lowest BCUT2D eigenvalue weighted by atomic mass is 9.77. The zero-order valence-corrected chi connectivity index (χ0v) is 20.7. The van der Waals surface area contributed by atoms with Crippen LogP contribution >= 0.6 is 0 Å². The molecule has 2 atom stereocenters. The number of nitrogens with one attached hydrogen (secondary N) is 1. The van der Waals surface area contributed by atoms with Crippen LogP contribution in [0.25, 0.3) is 0 Å². The van der Waals surface area contributed by atoms with Gasteiger partial charge in [0.15, 0.2) is 5.78 Å². The summed E-state index contributed by atoms with van der Waals surface area (Å²) in [5.74, 6) is 0.0453. The summed E-state index contributed by atoms with van der Waals surface area (Å²) in [6.45, 7) is 8.17. The number of benzene rings is 2. The van der Waals surface area contributed by atoms with Crippen molar-refractivity contribution in [2.75, 3.05) is 10.2 Å². The van der Waals surface area contributed by atoms with Crippen LogP contribution in [0.1, 0.15) is 69.2 Å². The Kier molecular flexibility index (Phi) is 5.79. The molecule has 2 aromatic carbocycles. The number of carbonyl (C=O) groups is 2. The van der Waals surface area contributed by atoms with Crippen LogP contribution in [-0.4, -0.2) is 16.7 Å². The standard InChI is InChI=1S/C30H31N3O2/c1-19(34)33-26-8-6-5-7-24(26)32-25-17-22(20-9-11-23(12-10-20)30(2,3)4)18-27(35)28(25)29(33)21-13-15-31-16-14-21/h5-16,22,29,32H,17-18H2,1-4H3/t22-,29-/m1/s1. The first-order valence-electron chi connectivity index (χ1n) is 12.2. The maximum atomic E-state index is 13.8. The number of carbonyl (C=O) groups excluding carboxylic acids is 2. The van der Waals surface area contributed by atoms with Crippen molar-refractivity contribution in [3.05, 3.63) is 101 Å². The van der Waals surface area contributed by atoms with E-state index in [4.69, 9.17) is 0 Å². The van der Waals surface area contributed by atoms with Gasteiger partial charge in [-0.05, 0) is 58.7 Å². The number of ketones is 1. The Balaban J connectivity index is 1.62. The summed E-state index contributed by atoms with van der Waals surface area (Å²) in [6.07, 6.45) is 4.55. The number of aromatic nitrogens is 1. The maximum absolute atomic E-state index is 13.8. The molecule has 0 fully saturated rings. The van der Waals surface area contributed by atoms with Gasteiger partial charge in [-0.2, -0.15) is 0 Å². The van der Waals surface area contributed by atoms with Crippen LogP contribution in [0, 0.1) is 0 Å². The molecule has 5 nitrogen and oxygen atoms in total. The number of allylic oxidation sites excluding steroid dienone is 1. The second-order valence-electron chi connectivity index (χ2n) is 10.5. The summed E-state index contributed by atoms with van der Waals surface area (Å²) in [6, 6.07) is 19.7. The van der Waals surface area contributed by atoms with Crippen molar-refractivity contribution >= 4 is 23.1 Å². The molecule has 5 rings (SSSR count). The lowest BCUT2D eigenvalue weighted by molar-refractivity contribution is -0.117. The maximum Gasteiger partial charge on any atom is 0.224 e. The van der Waals surface area contributed by atoms with E-state index in [-0.39, 0.29) is 23.0 Å². The highest BCUT2D eigenvalue weighted by Gasteiger charge is 2.40. The number of amides is 1. The Morgan fingerprint density at radius 1 is 0.943 bits per heavy atom. The number of anilines is 2. The molecular weight excluding hydrogens is 434 g/mol. The van der Waals surface area contributed by atoms with Crippen LogP contribution in [0.5, 0.6) is 0 Å². The lowest BCUT2D eigenvalue weighted by Gasteiger charge is -2.34. The molecule has 0 spiro atoms. The van der Waals surface area contributed by atoms with E-state index in [1.165, 1.54) is 11.1 Å². The molecule has 2 aliphatic rings. The van der Waals surface area contributed by atoms with Crippen LogP contribution < -0.4 is 10.2 Å². The van der Waals surface area contributed by atoms with E-state index >= 15 is 0 Å². The minimum Gasteiger partial charge on any atom is -0.357 e. The van der Waals surface area contributed by atoms with Crippen LogP contribution in [0.2, 0.25) is 0 Å². The van der Waals surface area contributed by atoms with Gasteiger partial charge in [-0.15, -0.1) is 0 Å². The smallest absolute Gasteiger partial charge is 0.224 e. The van der Waals surface area contributed by atoms with Gasteiger partial charge in [0.25, 0.3) is 0 Å². The van der Waals surface area contributed by atoms with Crippen molar-refractivity contribution in [1.82, 2.24) is 4.98 Å². The molecule has 1 aromatic heterocycles. The Bertz CT molecular complexity index is 1300. The largest absolute Gasteiger partial charge is 0.357 e. The minimum absolute atomic E-state index is 0.0736. The first-order chi connectivity index (χ1) is 16.7. The third-order valence-corrected chi connectivity index (χ3v) is 7.10. The molecule has 2 heterocycles. The second kappa shape index (κ2) is 8.81. The van der Waals surface area contributed by atoms with Gasteiger partial charge in [0.2, 0.25) is 5.91 Å². The highest BCUT2D eigenvalue weighted by atomic mass is 16.2. The van der Waals surface area contributed by atoms with Gasteiger partial charge in [0.05, 0.1) is 17.4 Å². The van der Waals surface area contributed by atoms with Gasteiger partial charge in [-0.3, -0.25) is 19.5 Å². The van der Waals surface area contributed by atoms with Crippen molar-refractivity contribution < 1.29 is 9.59 Å². The van der Waals surface area contributed by atoms with Gasteiger partial charge in [-0.25, -0.2) is 0 Å². The fraction of sp³-hybridized carbons (Fsp3) is 0.300. The number of hydrogen-bond acceptors (Lipinski definition) is 4. The molecule has 178 valence electrons. The molecule has 5 heteroatoms. The van der Waals surface area contributed by atoms with E-state index in [1.54, 1.807) is 24.2 Å². The third-order valence-electron chi connectivity index (χ3n) is 7.10. The number of para-hydroxylation sites is 2. The van der Waals surface area contributed by atoms with E-state index in [0.29, 0.717) is 18.4 Å². The third kappa shape index (κ3) is 4.27. The zero-order valence-electron chi connectivity index (χ0n) is 20.7. The average molecular weight is 466 g/mol. The first-order valence-corrected chi connectivity index (χ1v) is 12.2. The number of hydrogen-bond donors (Lipinski definition) is 1. The fourth-order valence-corrected chi connectivity index (χ4v) is 5.29. The van der Waals surface area contributed by atoms with Gasteiger partial charge in [0.1, 0.15) is 0 Å². The molecule has 1 N–H and O–H groups in total. The van der Waals surface area contributed by atoms with Crippen molar-refractivity contribution in [2.45, 2.75) is 57.9 Å². The number of nitrogens with zero attached hydrogens (tertiary/aromatic N) is 2. The van der Waals surface area contributed by atoms with Crippen molar-refractivity contribution in [3.8, 4) is 0 Å². The summed E-state index contributed by atoms with van der Waals surface area (Å²) in [5, 5.41) is 3.56. The van der Waals surface area contributed by atoms with E-state index in [9.17, 15) is 9.59 Å². The molecule has 0 radical (unpaired) electrons. The SMILES string of the molecule is CC(=O)N1c2ccccc2NC2=C(C(=O)C[C@H](c3ccc(C(C)(C)C)cc3)C2)[C@H]1c1ccncc1. The molecule has 1 amide bonds. The Labute approximate surface area is 206 Å². The summed E-state index contributed by atoms with van der Waals surface area (Å²) in [4.78, 5) is 32.8. The molecule has 1 aliphatic carbocycles. The normalized spacial score (nSPS) is 20.0. The van der Waals surface area contributed by atoms with Crippen molar-refractivity contribution in [2.24, 2.45) is 0 Å². The highest BCUT2D eigenvalue weighted by Crippen LogP contribution is 2.47. The van der Waals surface area contributed by atoms with Crippen molar-refractivity contribution in [3.63, 3.8) is 0 Å². The summed E-state index contributed by atoms with van der Waals surface area (Å²) < 4.78 is 0. The number of pyridine rings is 1.